The molecular formula is C15H17BrN2O5. The number of carboxylic acid groups (broad SMARTS) is 1. The number of carbonyl (C=O) groups is 3. The fourth-order valence-electron chi connectivity index (χ4n) is 2.41. The fraction of sp³-hybridized carbons (Fsp3) is 0.400. The second kappa shape index (κ2) is 6.57. The molecule has 0 saturated carbocycles. The van der Waals surface area contributed by atoms with E-state index in [0.717, 1.165) is 0 Å². The van der Waals surface area contributed by atoms with E-state index >= 15 is 0 Å². The number of halogens is 1. The number of hydrogen-bond donors (Lipinski definition) is 2. The van der Waals surface area contributed by atoms with E-state index in [0.29, 0.717) is 23.1 Å². The van der Waals surface area contributed by atoms with Gasteiger partial charge in [0.05, 0.1) is 23.8 Å². The lowest BCUT2D eigenvalue weighted by Gasteiger charge is -2.21. The summed E-state index contributed by atoms with van der Waals surface area (Å²) < 4.78 is 5.38. The Morgan fingerprint density at radius 2 is 2.09 bits per heavy atom. The van der Waals surface area contributed by atoms with Crippen LogP contribution in [-0.2, 0) is 9.53 Å². The molecule has 1 aromatic rings. The second-order valence-electron chi connectivity index (χ2n) is 5.65. The average Bonchev–Trinajstić information content (AvgIpc) is 2.92. The van der Waals surface area contributed by atoms with Gasteiger partial charge in [-0.3, -0.25) is 4.79 Å². The number of carbonyl (C=O) groups excluding carboxylic acids is 2. The minimum Gasteiger partial charge on any atom is -0.481 e. The Kier molecular flexibility index (Phi) is 4.93. The van der Waals surface area contributed by atoms with Crippen molar-refractivity contribution in [1.29, 1.82) is 0 Å². The Morgan fingerprint density at radius 1 is 1.39 bits per heavy atom. The Bertz CT molecular complexity index is 663. The van der Waals surface area contributed by atoms with Crippen molar-refractivity contribution in [3.63, 3.8) is 0 Å². The Hall–Kier alpha value is -2.09. The standard InChI is InChI=1S/C15H17BrN2O5/c1-15(13(20)21)5-6-18(8-15)14(22)17-11-4-3-9(16)7-10(11)12(19)23-2/h3-4,7H,5-6,8H2,1-2H3,(H,17,22)(H,20,21). The van der Waals surface area contributed by atoms with E-state index in [4.69, 9.17) is 4.74 Å². The Morgan fingerprint density at radius 3 is 2.65 bits per heavy atom. The molecule has 1 aliphatic heterocycles. The molecule has 1 atom stereocenters. The van der Waals surface area contributed by atoms with Gasteiger partial charge in [-0.1, -0.05) is 15.9 Å². The predicted octanol–water partition coefficient (Wildman–Crippen LogP) is 2.56. The first-order valence-corrected chi connectivity index (χ1v) is 7.73. The maximum Gasteiger partial charge on any atom is 0.340 e. The molecule has 1 fully saturated rings. The van der Waals surface area contributed by atoms with Crippen LogP contribution in [0.4, 0.5) is 10.5 Å². The quantitative estimate of drug-likeness (QED) is 0.780. The second-order valence-corrected chi connectivity index (χ2v) is 6.56. The first-order chi connectivity index (χ1) is 10.8. The number of aliphatic carboxylic acids is 1. The largest absolute Gasteiger partial charge is 0.481 e. The van der Waals surface area contributed by atoms with Crippen molar-refractivity contribution >= 4 is 39.6 Å². The number of anilines is 1. The van der Waals surface area contributed by atoms with Gasteiger partial charge in [-0.15, -0.1) is 0 Å². The van der Waals surface area contributed by atoms with Crippen molar-refractivity contribution in [2.45, 2.75) is 13.3 Å². The van der Waals surface area contributed by atoms with Crippen LogP contribution in [0.5, 0.6) is 0 Å². The van der Waals surface area contributed by atoms with Crippen LogP contribution in [0.2, 0.25) is 0 Å². The molecule has 2 amide bonds. The first-order valence-electron chi connectivity index (χ1n) is 6.94. The Balaban J connectivity index is 2.16. The summed E-state index contributed by atoms with van der Waals surface area (Å²) in [7, 11) is 1.26. The SMILES string of the molecule is COC(=O)c1cc(Br)ccc1NC(=O)N1CCC(C)(C(=O)O)C1. The minimum absolute atomic E-state index is 0.123. The number of nitrogens with one attached hydrogen (secondary N) is 1. The van der Waals surface area contributed by atoms with Gasteiger partial charge in [-0.2, -0.15) is 0 Å². The van der Waals surface area contributed by atoms with E-state index in [-0.39, 0.29) is 12.1 Å². The molecule has 1 unspecified atom stereocenters. The summed E-state index contributed by atoms with van der Waals surface area (Å²) in [5.74, 6) is -1.50. The number of esters is 1. The summed E-state index contributed by atoms with van der Waals surface area (Å²) in [6.45, 7) is 2.08. The zero-order chi connectivity index (χ0) is 17.2. The highest BCUT2D eigenvalue weighted by Gasteiger charge is 2.42. The molecule has 7 nitrogen and oxygen atoms in total. The fourth-order valence-corrected chi connectivity index (χ4v) is 2.77. The summed E-state index contributed by atoms with van der Waals surface area (Å²) in [5, 5.41) is 11.9. The van der Waals surface area contributed by atoms with E-state index in [1.54, 1.807) is 25.1 Å². The van der Waals surface area contributed by atoms with Gasteiger partial charge in [0.2, 0.25) is 0 Å². The third kappa shape index (κ3) is 3.64. The molecule has 124 valence electrons. The molecule has 8 heteroatoms. The highest BCUT2D eigenvalue weighted by Crippen LogP contribution is 2.31. The number of likely N-dealkylation sites (tertiary alicyclic amines) is 1. The molecule has 0 radical (unpaired) electrons. The van der Waals surface area contributed by atoms with Crippen molar-refractivity contribution < 1.29 is 24.2 Å². The third-order valence-electron chi connectivity index (χ3n) is 3.91. The van der Waals surface area contributed by atoms with E-state index in [1.807, 2.05) is 0 Å². The van der Waals surface area contributed by atoms with Crippen molar-refractivity contribution in [2.24, 2.45) is 5.41 Å². The van der Waals surface area contributed by atoms with Gasteiger partial charge < -0.3 is 20.1 Å². The number of benzene rings is 1. The number of nitrogens with zero attached hydrogens (tertiary/aromatic N) is 1. The van der Waals surface area contributed by atoms with Gasteiger partial charge >= 0.3 is 18.0 Å². The van der Waals surface area contributed by atoms with Gasteiger partial charge in [-0.25, -0.2) is 9.59 Å². The number of amides is 2. The topological polar surface area (TPSA) is 95.9 Å². The van der Waals surface area contributed by atoms with Gasteiger partial charge in [0, 0.05) is 17.6 Å². The lowest BCUT2D eigenvalue weighted by atomic mass is 9.90. The molecule has 0 aliphatic carbocycles. The van der Waals surface area contributed by atoms with Crippen molar-refractivity contribution in [3.8, 4) is 0 Å². The number of urea groups is 1. The van der Waals surface area contributed by atoms with Crippen LogP contribution in [0.15, 0.2) is 22.7 Å². The van der Waals surface area contributed by atoms with Crippen LogP contribution in [0.3, 0.4) is 0 Å². The van der Waals surface area contributed by atoms with Gasteiger partial charge in [-0.05, 0) is 31.5 Å². The molecule has 2 rings (SSSR count). The van der Waals surface area contributed by atoms with E-state index < -0.39 is 23.4 Å². The molecule has 0 aromatic heterocycles. The number of ether oxygens (including phenoxy) is 1. The summed E-state index contributed by atoms with van der Waals surface area (Å²) in [5.41, 5.74) is -0.410. The Labute approximate surface area is 141 Å². The van der Waals surface area contributed by atoms with Crippen molar-refractivity contribution in [3.05, 3.63) is 28.2 Å². The molecule has 0 spiro atoms. The zero-order valence-corrected chi connectivity index (χ0v) is 14.3. The summed E-state index contributed by atoms with van der Waals surface area (Å²) in [6, 6.07) is 4.38. The molecule has 1 heterocycles. The predicted molar refractivity (Wildman–Crippen MR) is 86.4 cm³/mol. The van der Waals surface area contributed by atoms with E-state index in [9.17, 15) is 19.5 Å². The molecule has 1 aromatic carbocycles. The summed E-state index contributed by atoms with van der Waals surface area (Å²) in [6.07, 6.45) is 0.389. The zero-order valence-electron chi connectivity index (χ0n) is 12.8. The van der Waals surface area contributed by atoms with E-state index in [2.05, 4.69) is 21.2 Å². The van der Waals surface area contributed by atoms with Crippen LogP contribution in [0.25, 0.3) is 0 Å². The average molecular weight is 385 g/mol. The number of hydrogen-bond acceptors (Lipinski definition) is 4. The summed E-state index contributed by atoms with van der Waals surface area (Å²) in [4.78, 5) is 36.8. The lowest BCUT2D eigenvalue weighted by Crippen LogP contribution is -2.37. The highest BCUT2D eigenvalue weighted by atomic mass is 79.9. The molecule has 1 saturated heterocycles. The van der Waals surface area contributed by atoms with Gasteiger partial charge in [0.1, 0.15) is 0 Å². The molecule has 2 N–H and O–H groups in total. The van der Waals surface area contributed by atoms with Gasteiger partial charge in [0.25, 0.3) is 0 Å². The van der Waals surface area contributed by atoms with Crippen LogP contribution < -0.4 is 5.32 Å². The van der Waals surface area contributed by atoms with Crippen molar-refractivity contribution in [2.75, 3.05) is 25.5 Å². The lowest BCUT2D eigenvalue weighted by molar-refractivity contribution is -0.146. The molecular weight excluding hydrogens is 368 g/mol. The number of methoxy groups -OCH3 is 1. The van der Waals surface area contributed by atoms with Crippen LogP contribution >= 0.6 is 15.9 Å². The molecule has 1 aliphatic rings. The van der Waals surface area contributed by atoms with Crippen LogP contribution in [0.1, 0.15) is 23.7 Å². The van der Waals surface area contributed by atoms with E-state index in [1.165, 1.54) is 12.0 Å². The van der Waals surface area contributed by atoms with Crippen LogP contribution in [0, 0.1) is 5.41 Å². The molecule has 0 bridgehead atoms. The maximum absolute atomic E-state index is 12.3. The highest BCUT2D eigenvalue weighted by molar-refractivity contribution is 9.10. The van der Waals surface area contributed by atoms with Gasteiger partial charge in [0.15, 0.2) is 0 Å². The number of rotatable bonds is 3. The van der Waals surface area contributed by atoms with Crippen molar-refractivity contribution in [1.82, 2.24) is 4.90 Å². The normalized spacial score (nSPS) is 20.2. The van der Waals surface area contributed by atoms with Crippen LogP contribution in [-0.4, -0.2) is 48.2 Å². The first kappa shape index (κ1) is 17.3. The monoisotopic (exact) mass is 384 g/mol. The third-order valence-corrected chi connectivity index (χ3v) is 4.40. The smallest absolute Gasteiger partial charge is 0.340 e. The maximum atomic E-state index is 12.3. The molecule has 23 heavy (non-hydrogen) atoms. The number of carboxylic acids is 1. The minimum atomic E-state index is -0.942. The summed E-state index contributed by atoms with van der Waals surface area (Å²) >= 11 is 3.26.